The summed E-state index contributed by atoms with van der Waals surface area (Å²) in [5.41, 5.74) is 0.0762. The molecule has 0 unspecified atom stereocenters. The minimum atomic E-state index is -0.521. The van der Waals surface area contributed by atoms with Crippen molar-refractivity contribution in [3.63, 3.8) is 0 Å². The second-order valence-electron chi connectivity index (χ2n) is 7.48. The number of ether oxygens (including phenoxy) is 1. The fourth-order valence-corrected chi connectivity index (χ4v) is 3.23. The molecule has 154 valence electrons. The van der Waals surface area contributed by atoms with E-state index in [2.05, 4.69) is 52.1 Å². The van der Waals surface area contributed by atoms with E-state index < -0.39 is 17.2 Å². The number of aromatic nitrogens is 1. The number of rotatable bonds is 8. The summed E-state index contributed by atoms with van der Waals surface area (Å²) in [6, 6.07) is 0. The molecule has 1 aromatic rings. The fraction of sp³-hybridized carbons (Fsp3) is 0.737. The molecule has 0 fully saturated rings. The van der Waals surface area contributed by atoms with E-state index in [4.69, 9.17) is 4.74 Å². The van der Waals surface area contributed by atoms with Crippen LogP contribution in [0.5, 0.6) is 0 Å². The number of amides is 1. The molecule has 3 N–H and O–H groups in total. The molecule has 0 aliphatic carbocycles. The van der Waals surface area contributed by atoms with Crippen LogP contribution >= 0.6 is 11.3 Å². The zero-order valence-corrected chi connectivity index (χ0v) is 18.5. The van der Waals surface area contributed by atoms with Gasteiger partial charge in [-0.05, 0) is 40.0 Å². The van der Waals surface area contributed by atoms with Crippen molar-refractivity contribution in [1.29, 1.82) is 0 Å². The summed E-state index contributed by atoms with van der Waals surface area (Å²) >= 11 is 1.67. The Balaban J connectivity index is 2.62. The summed E-state index contributed by atoms with van der Waals surface area (Å²) in [5.74, 6) is 0.679. The molecule has 7 nitrogen and oxygen atoms in total. The van der Waals surface area contributed by atoms with Gasteiger partial charge in [0.1, 0.15) is 5.60 Å². The molecule has 1 heterocycles. The highest BCUT2D eigenvalue weighted by atomic mass is 32.1. The Morgan fingerprint density at radius 2 is 1.89 bits per heavy atom. The average molecular weight is 398 g/mol. The Morgan fingerprint density at radius 3 is 2.37 bits per heavy atom. The quantitative estimate of drug-likeness (QED) is 0.462. The molecule has 0 radical (unpaired) electrons. The lowest BCUT2D eigenvalue weighted by Gasteiger charge is -2.34. The van der Waals surface area contributed by atoms with Crippen molar-refractivity contribution in [1.82, 2.24) is 20.9 Å². The highest BCUT2D eigenvalue weighted by Crippen LogP contribution is 2.16. The zero-order valence-electron chi connectivity index (χ0n) is 17.7. The summed E-state index contributed by atoms with van der Waals surface area (Å²) < 4.78 is 5.42. The first-order chi connectivity index (χ1) is 12.7. The molecule has 0 spiro atoms. The molecule has 27 heavy (non-hydrogen) atoms. The molecule has 1 amide bonds. The first kappa shape index (κ1) is 23.2. The van der Waals surface area contributed by atoms with Gasteiger partial charge in [0, 0.05) is 19.0 Å². The SMILES string of the molecule is CCc1nc(CNC(=NC)NCC(CC)(CC)NC(=O)OC(C)(C)C)cs1. The van der Waals surface area contributed by atoms with Crippen LogP contribution in [0.15, 0.2) is 10.4 Å². The zero-order chi connectivity index (χ0) is 20.5. The van der Waals surface area contributed by atoms with Crippen LogP contribution in [-0.4, -0.2) is 41.8 Å². The molecule has 0 saturated carbocycles. The molecule has 0 saturated heterocycles. The topological polar surface area (TPSA) is 87.6 Å². The van der Waals surface area contributed by atoms with E-state index in [1.54, 1.807) is 18.4 Å². The Hall–Kier alpha value is -1.83. The minimum Gasteiger partial charge on any atom is -0.444 e. The van der Waals surface area contributed by atoms with E-state index in [1.807, 2.05) is 20.8 Å². The van der Waals surface area contributed by atoms with E-state index in [0.29, 0.717) is 19.0 Å². The van der Waals surface area contributed by atoms with Gasteiger partial charge in [0.2, 0.25) is 0 Å². The predicted molar refractivity (Wildman–Crippen MR) is 112 cm³/mol. The summed E-state index contributed by atoms with van der Waals surface area (Å²) in [6.07, 6.45) is 2.10. The first-order valence-electron chi connectivity index (χ1n) is 9.56. The molecular weight excluding hydrogens is 362 g/mol. The number of thiazole rings is 1. The van der Waals surface area contributed by atoms with Gasteiger partial charge in [0.15, 0.2) is 5.96 Å². The molecule has 0 atom stereocenters. The van der Waals surface area contributed by atoms with Crippen LogP contribution in [0.25, 0.3) is 0 Å². The standard InChI is InChI=1S/C19H35N5O2S/c1-8-15-23-14(12-27-15)11-21-16(20-7)22-13-19(9-2,10-3)24-17(25)26-18(4,5)6/h12H,8-11,13H2,1-7H3,(H,24,25)(H2,20,21,22). The summed E-state index contributed by atoms with van der Waals surface area (Å²) in [5, 5.41) is 12.8. The van der Waals surface area contributed by atoms with E-state index in [-0.39, 0.29) is 0 Å². The normalized spacial score (nSPS) is 12.6. The molecule has 8 heteroatoms. The van der Waals surface area contributed by atoms with Gasteiger partial charge >= 0.3 is 6.09 Å². The third-order valence-electron chi connectivity index (χ3n) is 4.28. The Morgan fingerprint density at radius 1 is 1.22 bits per heavy atom. The summed E-state index contributed by atoms with van der Waals surface area (Å²) in [7, 11) is 1.73. The number of nitrogens with zero attached hydrogens (tertiary/aromatic N) is 2. The molecule has 0 aromatic carbocycles. The summed E-state index contributed by atoms with van der Waals surface area (Å²) in [4.78, 5) is 21.0. The van der Waals surface area contributed by atoms with Gasteiger partial charge in [-0.3, -0.25) is 4.99 Å². The van der Waals surface area contributed by atoms with Crippen LogP contribution in [0.4, 0.5) is 4.79 Å². The van der Waals surface area contributed by atoms with Gasteiger partial charge in [0.25, 0.3) is 0 Å². The maximum atomic E-state index is 12.2. The van der Waals surface area contributed by atoms with Crippen molar-refractivity contribution in [2.24, 2.45) is 4.99 Å². The van der Waals surface area contributed by atoms with E-state index in [1.165, 1.54) is 0 Å². The van der Waals surface area contributed by atoms with Gasteiger partial charge in [-0.15, -0.1) is 11.3 Å². The van der Waals surface area contributed by atoms with Crippen LogP contribution in [0.1, 0.15) is 65.1 Å². The molecule has 0 bridgehead atoms. The van der Waals surface area contributed by atoms with Crippen molar-refractivity contribution in [3.8, 4) is 0 Å². The van der Waals surface area contributed by atoms with Crippen LogP contribution in [-0.2, 0) is 17.7 Å². The van der Waals surface area contributed by atoms with Crippen LogP contribution in [0.2, 0.25) is 0 Å². The number of aliphatic imine (C=N–C) groups is 1. The maximum Gasteiger partial charge on any atom is 0.408 e. The third kappa shape index (κ3) is 8.15. The van der Waals surface area contributed by atoms with Gasteiger partial charge in [0.05, 0.1) is 22.8 Å². The lowest BCUT2D eigenvalue weighted by Crippen LogP contribution is -2.57. The minimum absolute atomic E-state index is 0.398. The number of aryl methyl sites for hydroxylation is 1. The van der Waals surface area contributed by atoms with E-state index >= 15 is 0 Å². The van der Waals surface area contributed by atoms with Crippen molar-refractivity contribution < 1.29 is 9.53 Å². The van der Waals surface area contributed by atoms with Crippen LogP contribution in [0, 0.1) is 0 Å². The Kier molecular flexibility index (Phi) is 9.02. The number of carbonyl (C=O) groups excluding carboxylic acids is 1. The molecular formula is C19H35N5O2S. The van der Waals surface area contributed by atoms with Gasteiger partial charge < -0.3 is 20.7 Å². The second kappa shape index (κ2) is 10.5. The lowest BCUT2D eigenvalue weighted by atomic mass is 9.93. The largest absolute Gasteiger partial charge is 0.444 e. The van der Waals surface area contributed by atoms with Crippen molar-refractivity contribution in [3.05, 3.63) is 16.1 Å². The monoisotopic (exact) mass is 397 g/mol. The van der Waals surface area contributed by atoms with Crippen LogP contribution < -0.4 is 16.0 Å². The highest BCUT2D eigenvalue weighted by Gasteiger charge is 2.30. The summed E-state index contributed by atoms with van der Waals surface area (Å²) in [6.45, 7) is 13.0. The molecule has 1 rings (SSSR count). The smallest absolute Gasteiger partial charge is 0.408 e. The maximum absolute atomic E-state index is 12.2. The van der Waals surface area contributed by atoms with Gasteiger partial charge in [-0.2, -0.15) is 0 Å². The molecule has 0 aliphatic rings. The molecule has 0 aliphatic heterocycles. The Labute approximate surface area is 167 Å². The van der Waals surface area contributed by atoms with Gasteiger partial charge in [-0.1, -0.05) is 20.8 Å². The van der Waals surface area contributed by atoms with Crippen LogP contribution in [0.3, 0.4) is 0 Å². The number of nitrogens with one attached hydrogen (secondary N) is 3. The number of alkyl carbamates (subject to hydrolysis) is 1. The van der Waals surface area contributed by atoms with E-state index in [9.17, 15) is 4.79 Å². The van der Waals surface area contributed by atoms with Gasteiger partial charge in [-0.25, -0.2) is 9.78 Å². The van der Waals surface area contributed by atoms with Crippen molar-refractivity contribution in [2.45, 2.75) is 78.5 Å². The second-order valence-corrected chi connectivity index (χ2v) is 8.42. The first-order valence-corrected chi connectivity index (χ1v) is 10.4. The number of hydrogen-bond donors (Lipinski definition) is 3. The third-order valence-corrected chi connectivity index (χ3v) is 5.32. The Bertz CT molecular complexity index is 618. The van der Waals surface area contributed by atoms with E-state index in [0.717, 1.165) is 30.0 Å². The lowest BCUT2D eigenvalue weighted by molar-refractivity contribution is 0.0448. The highest BCUT2D eigenvalue weighted by molar-refractivity contribution is 7.09. The van der Waals surface area contributed by atoms with Crippen molar-refractivity contribution in [2.75, 3.05) is 13.6 Å². The fourth-order valence-electron chi connectivity index (χ4n) is 2.48. The average Bonchev–Trinajstić information content (AvgIpc) is 3.07. The molecule has 1 aromatic heterocycles. The van der Waals surface area contributed by atoms with Crippen molar-refractivity contribution >= 4 is 23.4 Å². The predicted octanol–water partition coefficient (Wildman–Crippen LogP) is 3.45. The number of carbonyl (C=O) groups is 1. The number of guanidine groups is 1. The number of hydrogen-bond acceptors (Lipinski definition) is 5.